The molecule has 0 saturated heterocycles. The van der Waals surface area contributed by atoms with Crippen molar-refractivity contribution in [3.05, 3.63) is 144 Å². The van der Waals surface area contributed by atoms with Crippen LogP contribution < -0.4 is 18.9 Å². The van der Waals surface area contributed by atoms with E-state index in [1.54, 1.807) is 14.2 Å². The molecule has 8 heteroatoms. The molecule has 8 nitrogen and oxygen atoms in total. The van der Waals surface area contributed by atoms with Crippen molar-refractivity contribution in [3.8, 4) is 34.1 Å². The second-order valence-corrected chi connectivity index (χ2v) is 11.8. The number of esters is 2. The second-order valence-electron chi connectivity index (χ2n) is 11.8. The minimum Gasteiger partial charge on any atom is -0.497 e. The van der Waals surface area contributed by atoms with Gasteiger partial charge in [-0.3, -0.25) is 0 Å². The lowest BCUT2D eigenvalue weighted by molar-refractivity contribution is -0.135. The molecule has 0 spiro atoms. The number of carbonyl (C=O) groups is 2. The summed E-state index contributed by atoms with van der Waals surface area (Å²) >= 11 is 0. The van der Waals surface area contributed by atoms with Crippen LogP contribution in [0.4, 0.5) is 0 Å². The van der Waals surface area contributed by atoms with Gasteiger partial charge in [-0.15, -0.1) is 0 Å². The number of rotatable bonds is 8. The van der Waals surface area contributed by atoms with Gasteiger partial charge >= 0.3 is 11.9 Å². The fourth-order valence-corrected chi connectivity index (χ4v) is 6.43. The van der Waals surface area contributed by atoms with Gasteiger partial charge in [-0.1, -0.05) is 60.7 Å². The number of benzene rings is 6. The summed E-state index contributed by atoms with van der Waals surface area (Å²) in [6.45, 7) is 0.0557. The average molecular weight is 679 g/mol. The van der Waals surface area contributed by atoms with Crippen LogP contribution in [0, 0.1) is 0 Å². The molecule has 1 aliphatic heterocycles. The van der Waals surface area contributed by atoms with Crippen molar-refractivity contribution in [3.63, 3.8) is 0 Å². The predicted molar refractivity (Wildman–Crippen MR) is 197 cm³/mol. The summed E-state index contributed by atoms with van der Waals surface area (Å²) < 4.78 is 33.0. The van der Waals surface area contributed by atoms with Crippen molar-refractivity contribution in [1.29, 1.82) is 0 Å². The fraction of sp³-hybridized carbons (Fsp3) is 0.116. The Bertz CT molecular complexity index is 2190. The summed E-state index contributed by atoms with van der Waals surface area (Å²) in [6, 6.07) is 35.2. The molecule has 0 aliphatic carbocycles. The molecule has 254 valence electrons. The van der Waals surface area contributed by atoms with Gasteiger partial charge in [-0.25, -0.2) is 9.59 Å². The van der Waals surface area contributed by atoms with Crippen molar-refractivity contribution in [2.24, 2.45) is 0 Å². The Kier molecular flexibility index (Phi) is 9.14. The van der Waals surface area contributed by atoms with E-state index in [4.69, 9.17) is 28.4 Å². The van der Waals surface area contributed by atoms with Crippen LogP contribution in [0.2, 0.25) is 0 Å². The number of fused-ring (bicyclic) bond motifs is 7. The van der Waals surface area contributed by atoms with Gasteiger partial charge in [0.1, 0.15) is 23.0 Å². The van der Waals surface area contributed by atoms with Gasteiger partial charge in [0.2, 0.25) is 6.79 Å². The Morgan fingerprint density at radius 1 is 0.510 bits per heavy atom. The smallest absolute Gasteiger partial charge is 0.331 e. The summed E-state index contributed by atoms with van der Waals surface area (Å²) in [6.07, 6.45) is 3.00. The molecule has 0 saturated carbocycles. The molecular weight excluding hydrogens is 644 g/mol. The highest BCUT2D eigenvalue weighted by Gasteiger charge is 2.23. The number of carbonyl (C=O) groups excluding carboxylic acids is 2. The molecule has 0 radical (unpaired) electrons. The van der Waals surface area contributed by atoms with Crippen molar-refractivity contribution in [2.75, 3.05) is 35.2 Å². The standard InChI is InChI=1S/C43H34O8/c1-46-32-13-5-26(6-14-32)36(23-40(44)48-3)30-9-17-34-28(21-30)11-19-38-42(34)43-35-18-10-31(22-29(35)12-20-39(43)51-25-50-38)37(24-41(45)49-4)27-7-15-33(47-2)16-8-27/h5-24H,25H2,1-4H3/b36-23-,37-24-. The SMILES string of the molecule is COC(=O)/C=C(/c1ccc(OC)cc1)c1ccc2c3c(ccc2c1)OCOc1ccc2cc(/C(=C\C(=O)OC)c4ccc(OC)cc4)ccc2c1-3. The number of hydrogen-bond acceptors (Lipinski definition) is 8. The lowest BCUT2D eigenvalue weighted by Gasteiger charge is -2.16. The molecule has 51 heavy (non-hydrogen) atoms. The second kappa shape index (κ2) is 14.1. The maximum atomic E-state index is 12.5. The Morgan fingerprint density at radius 2 is 0.902 bits per heavy atom. The normalized spacial score (nSPS) is 12.5. The summed E-state index contributed by atoms with van der Waals surface area (Å²) in [4.78, 5) is 25.0. The summed E-state index contributed by atoms with van der Waals surface area (Å²) in [5, 5.41) is 3.80. The van der Waals surface area contributed by atoms with Crippen LogP contribution in [0.1, 0.15) is 22.3 Å². The van der Waals surface area contributed by atoms with E-state index in [1.165, 1.54) is 26.4 Å². The van der Waals surface area contributed by atoms with Gasteiger partial charge in [0.15, 0.2) is 0 Å². The molecule has 0 fully saturated rings. The van der Waals surface area contributed by atoms with Crippen molar-refractivity contribution in [1.82, 2.24) is 0 Å². The molecule has 0 unspecified atom stereocenters. The van der Waals surface area contributed by atoms with E-state index >= 15 is 0 Å². The van der Waals surface area contributed by atoms with E-state index in [9.17, 15) is 9.59 Å². The summed E-state index contributed by atoms with van der Waals surface area (Å²) in [7, 11) is 5.96. The zero-order valence-electron chi connectivity index (χ0n) is 28.5. The van der Waals surface area contributed by atoms with Gasteiger partial charge in [0.05, 0.1) is 28.4 Å². The first kappa shape index (κ1) is 33.0. The third kappa shape index (κ3) is 6.47. The molecule has 1 heterocycles. The topological polar surface area (TPSA) is 89.5 Å². The lowest BCUT2D eigenvalue weighted by atomic mass is 9.88. The molecule has 0 atom stereocenters. The predicted octanol–water partition coefficient (Wildman–Crippen LogP) is 8.62. The monoisotopic (exact) mass is 678 g/mol. The van der Waals surface area contributed by atoms with Crippen molar-refractivity contribution in [2.45, 2.75) is 0 Å². The molecule has 1 aliphatic rings. The first-order valence-corrected chi connectivity index (χ1v) is 16.2. The summed E-state index contributed by atoms with van der Waals surface area (Å²) in [5.41, 5.74) is 6.59. The first-order chi connectivity index (χ1) is 24.9. The molecule has 0 amide bonds. The van der Waals surface area contributed by atoms with Gasteiger partial charge < -0.3 is 28.4 Å². The Balaban J connectivity index is 1.38. The summed E-state index contributed by atoms with van der Waals surface area (Å²) in [5.74, 6) is 1.91. The highest BCUT2D eigenvalue weighted by molar-refractivity contribution is 6.11. The third-order valence-corrected chi connectivity index (χ3v) is 8.99. The average Bonchev–Trinajstić information content (AvgIpc) is 3.38. The van der Waals surface area contributed by atoms with E-state index in [-0.39, 0.29) is 6.79 Å². The zero-order valence-corrected chi connectivity index (χ0v) is 28.5. The molecule has 0 bridgehead atoms. The van der Waals surface area contributed by atoms with E-state index in [1.807, 2.05) is 97.1 Å². The van der Waals surface area contributed by atoms with E-state index < -0.39 is 11.9 Å². The van der Waals surface area contributed by atoms with Gasteiger partial charge in [0.25, 0.3) is 0 Å². The van der Waals surface area contributed by atoms with Crippen LogP contribution in [-0.4, -0.2) is 47.2 Å². The van der Waals surface area contributed by atoms with E-state index in [0.717, 1.165) is 54.9 Å². The molecule has 7 rings (SSSR count). The van der Waals surface area contributed by atoms with E-state index in [0.29, 0.717) is 34.1 Å². The zero-order chi connectivity index (χ0) is 35.5. The van der Waals surface area contributed by atoms with Crippen LogP contribution in [0.3, 0.4) is 0 Å². The maximum absolute atomic E-state index is 12.5. The molecular formula is C43H34O8. The lowest BCUT2D eigenvalue weighted by Crippen LogP contribution is -2.03. The van der Waals surface area contributed by atoms with Crippen molar-refractivity contribution >= 4 is 44.6 Å². The van der Waals surface area contributed by atoms with Gasteiger partial charge in [-0.2, -0.15) is 0 Å². The molecule has 0 aromatic heterocycles. The largest absolute Gasteiger partial charge is 0.497 e. The van der Waals surface area contributed by atoms with Gasteiger partial charge in [0, 0.05) is 23.3 Å². The highest BCUT2D eigenvalue weighted by atomic mass is 16.7. The van der Waals surface area contributed by atoms with Crippen LogP contribution in [0.5, 0.6) is 23.0 Å². The molecule has 6 aromatic rings. The van der Waals surface area contributed by atoms with Crippen molar-refractivity contribution < 1.29 is 38.0 Å². The molecule has 6 aromatic carbocycles. The minimum absolute atomic E-state index is 0.0557. The number of hydrogen-bond donors (Lipinski definition) is 0. The first-order valence-electron chi connectivity index (χ1n) is 16.2. The molecule has 0 N–H and O–H groups in total. The van der Waals surface area contributed by atoms with Gasteiger partial charge in [-0.05, 0) is 103 Å². The van der Waals surface area contributed by atoms with Crippen LogP contribution >= 0.6 is 0 Å². The Morgan fingerprint density at radius 3 is 1.27 bits per heavy atom. The number of methoxy groups -OCH3 is 4. The quantitative estimate of drug-likeness (QED) is 0.117. The maximum Gasteiger partial charge on any atom is 0.331 e. The Labute approximate surface area is 295 Å². The number of ether oxygens (including phenoxy) is 6. The van der Waals surface area contributed by atoms with E-state index in [2.05, 4.69) is 12.1 Å². The third-order valence-electron chi connectivity index (χ3n) is 8.99. The van der Waals surface area contributed by atoms with Crippen LogP contribution in [0.15, 0.2) is 121 Å². The highest BCUT2D eigenvalue weighted by Crippen LogP contribution is 2.48. The van der Waals surface area contributed by atoms with Crippen LogP contribution in [-0.2, 0) is 19.1 Å². The Hall–Kier alpha value is -6.54. The minimum atomic E-state index is -0.454. The fourth-order valence-electron chi connectivity index (χ4n) is 6.43. The van der Waals surface area contributed by atoms with Crippen LogP contribution in [0.25, 0.3) is 43.8 Å².